The molecule has 0 atom stereocenters. The van der Waals surface area contributed by atoms with E-state index in [1.54, 1.807) is 0 Å². The molecule has 3 aliphatic carbocycles. The molecule has 0 amide bonds. The van der Waals surface area contributed by atoms with Gasteiger partial charge in [-0.05, 0) is 159 Å². The monoisotopic (exact) mass is 678 g/mol. The Hall–Kier alpha value is -5.72. The molecule has 0 heterocycles. The maximum Gasteiger partial charge on any atom is 0.0162 e. The summed E-state index contributed by atoms with van der Waals surface area (Å²) in [6.45, 7) is 14.7. The molecule has 0 heteroatoms. The number of hydrogen-bond donors (Lipinski definition) is 0. The van der Waals surface area contributed by atoms with Crippen molar-refractivity contribution in [3.8, 4) is 55.6 Å². The molecule has 0 nitrogen and oxygen atoms in total. The van der Waals surface area contributed by atoms with Crippen molar-refractivity contribution >= 4 is 21.5 Å². The Morgan fingerprint density at radius 2 is 0.642 bits per heavy atom. The minimum absolute atomic E-state index is 0.103. The molecule has 8 aromatic rings. The maximum absolute atomic E-state index is 2.57. The summed E-state index contributed by atoms with van der Waals surface area (Å²) in [6.07, 6.45) is 0. The summed E-state index contributed by atoms with van der Waals surface area (Å²) < 4.78 is 0. The van der Waals surface area contributed by atoms with Gasteiger partial charge in [0, 0.05) is 16.2 Å². The largest absolute Gasteiger partial charge is 0.0622 e. The summed E-state index contributed by atoms with van der Waals surface area (Å²) in [5.41, 5.74) is 21.9. The molecule has 3 aliphatic rings. The van der Waals surface area contributed by atoms with Gasteiger partial charge in [0.2, 0.25) is 0 Å². The van der Waals surface area contributed by atoms with Crippen LogP contribution in [0.25, 0.3) is 77.2 Å². The van der Waals surface area contributed by atoms with E-state index >= 15 is 0 Å². The van der Waals surface area contributed by atoms with Gasteiger partial charge in [-0.1, -0.05) is 139 Å². The van der Waals surface area contributed by atoms with E-state index < -0.39 is 0 Å². The van der Waals surface area contributed by atoms with Crippen LogP contribution in [0.1, 0.15) is 74.9 Å². The Morgan fingerprint density at radius 1 is 0.264 bits per heavy atom. The van der Waals surface area contributed by atoms with Gasteiger partial charge in [0.1, 0.15) is 0 Å². The zero-order valence-electron chi connectivity index (χ0n) is 31.4. The Kier molecular flexibility index (Phi) is 5.96. The number of fused-ring (bicyclic) bond motifs is 12. The van der Waals surface area contributed by atoms with Crippen molar-refractivity contribution in [3.63, 3.8) is 0 Å². The van der Waals surface area contributed by atoms with Crippen molar-refractivity contribution < 1.29 is 0 Å². The fraction of sp³-hybridized carbons (Fsp3) is 0.170. The molecule has 0 bridgehead atoms. The van der Waals surface area contributed by atoms with Gasteiger partial charge in [-0.3, -0.25) is 0 Å². The van der Waals surface area contributed by atoms with Gasteiger partial charge in [0.05, 0.1) is 0 Å². The van der Waals surface area contributed by atoms with Crippen LogP contribution in [0.2, 0.25) is 0 Å². The van der Waals surface area contributed by atoms with E-state index in [1.165, 1.54) is 111 Å². The van der Waals surface area contributed by atoms with Crippen LogP contribution in [-0.2, 0) is 16.2 Å². The smallest absolute Gasteiger partial charge is 0.0162 e. The van der Waals surface area contributed by atoms with E-state index in [1.807, 2.05) is 0 Å². The molecule has 0 fully saturated rings. The van der Waals surface area contributed by atoms with E-state index in [-0.39, 0.29) is 16.2 Å². The number of hydrogen-bond acceptors (Lipinski definition) is 0. The first kappa shape index (κ1) is 30.9. The summed E-state index contributed by atoms with van der Waals surface area (Å²) in [5.74, 6) is 0. The molecule has 8 aromatic carbocycles. The van der Waals surface area contributed by atoms with Crippen molar-refractivity contribution in [2.24, 2.45) is 0 Å². The van der Waals surface area contributed by atoms with Gasteiger partial charge < -0.3 is 0 Å². The number of rotatable bonds is 2. The second-order valence-corrected chi connectivity index (χ2v) is 17.4. The topological polar surface area (TPSA) is 0 Å². The van der Waals surface area contributed by atoms with Gasteiger partial charge in [0.15, 0.2) is 0 Å². The first-order valence-corrected chi connectivity index (χ1v) is 19.2. The normalized spacial score (nSPS) is 16.2. The van der Waals surface area contributed by atoms with Crippen LogP contribution in [0, 0.1) is 0 Å². The molecule has 11 rings (SSSR count). The molecule has 0 aromatic heterocycles. The zero-order valence-corrected chi connectivity index (χ0v) is 31.4. The van der Waals surface area contributed by atoms with Gasteiger partial charge in [-0.15, -0.1) is 0 Å². The van der Waals surface area contributed by atoms with Crippen molar-refractivity contribution in [1.29, 1.82) is 0 Å². The molecule has 0 N–H and O–H groups in total. The molecule has 53 heavy (non-hydrogen) atoms. The molecule has 0 radical (unpaired) electrons. The third-order valence-electron chi connectivity index (χ3n) is 13.3. The second kappa shape index (κ2) is 10.2. The van der Waals surface area contributed by atoms with Crippen molar-refractivity contribution in [1.82, 2.24) is 0 Å². The van der Waals surface area contributed by atoms with E-state index in [0.29, 0.717) is 0 Å². The highest BCUT2D eigenvalue weighted by molar-refractivity contribution is 6.00. The Labute approximate surface area is 312 Å². The second-order valence-electron chi connectivity index (χ2n) is 17.4. The lowest BCUT2D eigenvalue weighted by Gasteiger charge is -2.31. The van der Waals surface area contributed by atoms with E-state index in [4.69, 9.17) is 0 Å². The Balaban J connectivity index is 1.05. The van der Waals surface area contributed by atoms with Crippen LogP contribution in [0.3, 0.4) is 0 Å². The SMILES string of the molecule is CC1(C)c2cc3c(cc2-c2cc4ccc(-c5ccccc5)cc4cc21)C(C)(C)c1c-3ccc2c1C(C)(C)c1cc3cc(-c4ccccc4)ccc3cc1-2. The fourth-order valence-electron chi connectivity index (χ4n) is 10.5. The van der Waals surface area contributed by atoms with Gasteiger partial charge in [-0.25, -0.2) is 0 Å². The van der Waals surface area contributed by atoms with Crippen molar-refractivity contribution in [3.05, 3.63) is 179 Å². The highest BCUT2D eigenvalue weighted by Gasteiger charge is 2.47. The van der Waals surface area contributed by atoms with Gasteiger partial charge in [-0.2, -0.15) is 0 Å². The fourth-order valence-corrected chi connectivity index (χ4v) is 10.5. The third-order valence-corrected chi connectivity index (χ3v) is 13.3. The zero-order chi connectivity index (χ0) is 36.0. The number of benzene rings is 8. The highest BCUT2D eigenvalue weighted by Crippen LogP contribution is 2.61. The van der Waals surface area contributed by atoms with Gasteiger partial charge in [0.25, 0.3) is 0 Å². The minimum Gasteiger partial charge on any atom is -0.0622 e. The summed E-state index contributed by atoms with van der Waals surface area (Å²) in [4.78, 5) is 0. The lowest BCUT2D eigenvalue weighted by Crippen LogP contribution is -2.24. The molecule has 254 valence electrons. The summed E-state index contributed by atoms with van der Waals surface area (Å²) in [5, 5.41) is 5.23. The van der Waals surface area contributed by atoms with Crippen LogP contribution in [0.5, 0.6) is 0 Å². The standard InChI is InChI=1S/C53H42/c1-51(2)45-27-37-23-33(31-13-9-7-10-14-31)18-20-36(37)26-42(45)44-30-48-43(29-47(44)51)40-22-21-39-41-25-35-19-17-34(32-15-11-8-12-16-32)24-38(35)28-46(41)52(3,4)49(39)50(40)53(48,5)6/h7-30H,1-6H3. The van der Waals surface area contributed by atoms with Crippen molar-refractivity contribution in [2.45, 2.75) is 57.8 Å². The lowest BCUT2D eigenvalue weighted by atomic mass is 9.72. The average molecular weight is 679 g/mol. The maximum atomic E-state index is 2.57. The molecule has 0 saturated carbocycles. The predicted molar refractivity (Wildman–Crippen MR) is 225 cm³/mol. The summed E-state index contributed by atoms with van der Waals surface area (Å²) in [7, 11) is 0. The molecular weight excluding hydrogens is 637 g/mol. The van der Waals surface area contributed by atoms with Crippen LogP contribution in [0.15, 0.2) is 146 Å². The van der Waals surface area contributed by atoms with E-state index in [0.717, 1.165) is 0 Å². The van der Waals surface area contributed by atoms with Crippen LogP contribution in [-0.4, -0.2) is 0 Å². The Morgan fingerprint density at radius 3 is 1.13 bits per heavy atom. The summed E-state index contributed by atoms with van der Waals surface area (Å²) >= 11 is 0. The first-order valence-electron chi connectivity index (χ1n) is 19.2. The van der Waals surface area contributed by atoms with E-state index in [9.17, 15) is 0 Å². The molecular formula is C53H42. The lowest BCUT2D eigenvalue weighted by molar-refractivity contribution is 0.601. The van der Waals surface area contributed by atoms with Crippen LogP contribution < -0.4 is 0 Å². The summed E-state index contributed by atoms with van der Waals surface area (Å²) in [6, 6.07) is 55.3. The van der Waals surface area contributed by atoms with Crippen LogP contribution >= 0.6 is 0 Å². The van der Waals surface area contributed by atoms with E-state index in [2.05, 4.69) is 187 Å². The Bertz CT molecular complexity index is 2880. The minimum atomic E-state index is -0.140. The molecule has 0 spiro atoms. The molecule has 0 unspecified atom stereocenters. The van der Waals surface area contributed by atoms with Crippen molar-refractivity contribution in [2.75, 3.05) is 0 Å². The molecule has 0 aliphatic heterocycles. The van der Waals surface area contributed by atoms with Gasteiger partial charge >= 0.3 is 0 Å². The molecule has 0 saturated heterocycles. The first-order chi connectivity index (χ1) is 25.5. The highest BCUT2D eigenvalue weighted by atomic mass is 14.5. The average Bonchev–Trinajstić information content (AvgIpc) is 3.64. The third kappa shape index (κ3) is 4.07. The predicted octanol–water partition coefficient (Wildman–Crippen LogP) is 14.2. The van der Waals surface area contributed by atoms with Crippen LogP contribution in [0.4, 0.5) is 0 Å². The quantitative estimate of drug-likeness (QED) is 0.171.